The largest absolute Gasteiger partial charge is 0.291 e. The van der Waals surface area contributed by atoms with Crippen molar-refractivity contribution in [2.45, 2.75) is 31.0 Å². The van der Waals surface area contributed by atoms with E-state index in [-0.39, 0.29) is 10.7 Å². The molecular formula is C16H14Cl3NO2. The van der Waals surface area contributed by atoms with E-state index in [0.717, 1.165) is 5.56 Å². The van der Waals surface area contributed by atoms with E-state index in [2.05, 4.69) is 4.99 Å². The number of Topliss-reactive ketones (excluding diaryl/α,β-unsaturated/α-hetero) is 1. The summed E-state index contributed by atoms with van der Waals surface area (Å²) in [4.78, 5) is 27.0. The molecule has 3 nitrogen and oxygen atoms in total. The lowest BCUT2D eigenvalue weighted by Gasteiger charge is -2.32. The highest BCUT2D eigenvalue weighted by Gasteiger charge is 2.47. The van der Waals surface area contributed by atoms with E-state index >= 15 is 0 Å². The van der Waals surface area contributed by atoms with Gasteiger partial charge in [-0.1, -0.05) is 29.3 Å². The second-order valence-electron chi connectivity index (χ2n) is 5.37. The minimum Gasteiger partial charge on any atom is -0.291 e. The van der Waals surface area contributed by atoms with Crippen LogP contribution in [0.2, 0.25) is 0 Å². The number of allylic oxidation sites excluding steroid dienone is 2. The maximum absolute atomic E-state index is 12.3. The summed E-state index contributed by atoms with van der Waals surface area (Å²) in [5.41, 5.74) is 2.08. The molecule has 0 spiro atoms. The van der Waals surface area contributed by atoms with Crippen LogP contribution >= 0.6 is 34.8 Å². The molecule has 0 heterocycles. The third-order valence-electron chi connectivity index (χ3n) is 3.59. The zero-order valence-corrected chi connectivity index (χ0v) is 14.6. The number of nitrogens with zero attached hydrogens (tertiary/aromatic N) is 1. The van der Waals surface area contributed by atoms with Gasteiger partial charge in [0.05, 0.1) is 10.7 Å². The number of aryl methyl sites for hydroxylation is 1. The van der Waals surface area contributed by atoms with Crippen LogP contribution in [0.5, 0.6) is 0 Å². The van der Waals surface area contributed by atoms with Crippen molar-refractivity contribution in [1.82, 2.24) is 0 Å². The number of benzene rings is 1. The molecule has 116 valence electrons. The molecule has 0 fully saturated rings. The average molecular weight is 359 g/mol. The fraction of sp³-hybridized carbons (Fsp3) is 0.312. The third kappa shape index (κ3) is 2.98. The summed E-state index contributed by atoms with van der Waals surface area (Å²) in [6.07, 6.45) is 0. The van der Waals surface area contributed by atoms with Gasteiger partial charge in [0.2, 0.25) is 0 Å². The molecule has 0 aliphatic heterocycles. The van der Waals surface area contributed by atoms with Gasteiger partial charge >= 0.3 is 0 Å². The Morgan fingerprint density at radius 2 is 1.77 bits per heavy atom. The van der Waals surface area contributed by atoms with Gasteiger partial charge < -0.3 is 0 Å². The molecule has 1 aromatic rings. The van der Waals surface area contributed by atoms with E-state index in [1.54, 1.807) is 19.1 Å². The van der Waals surface area contributed by atoms with Gasteiger partial charge in [-0.3, -0.25) is 9.59 Å². The van der Waals surface area contributed by atoms with Crippen LogP contribution in [0.15, 0.2) is 39.9 Å². The zero-order chi connectivity index (χ0) is 16.7. The SMILES string of the molecule is CC1=C(Cl)C(=O)[C@@](C)(Cl)[C@H](Cl)C1=NC(=O)c1ccc(C)cc1. The topological polar surface area (TPSA) is 46.5 Å². The van der Waals surface area contributed by atoms with Crippen molar-refractivity contribution in [1.29, 1.82) is 0 Å². The van der Waals surface area contributed by atoms with Crippen LogP contribution < -0.4 is 0 Å². The lowest BCUT2D eigenvalue weighted by atomic mass is 9.87. The van der Waals surface area contributed by atoms with Gasteiger partial charge in [0, 0.05) is 5.56 Å². The van der Waals surface area contributed by atoms with Crippen LogP contribution in [0, 0.1) is 6.92 Å². The summed E-state index contributed by atoms with van der Waals surface area (Å²) < 4.78 is 0. The molecule has 1 amide bonds. The van der Waals surface area contributed by atoms with E-state index in [4.69, 9.17) is 34.8 Å². The fourth-order valence-electron chi connectivity index (χ4n) is 2.07. The van der Waals surface area contributed by atoms with Crippen molar-refractivity contribution in [3.63, 3.8) is 0 Å². The van der Waals surface area contributed by atoms with Gasteiger partial charge in [-0.25, -0.2) is 4.99 Å². The van der Waals surface area contributed by atoms with Gasteiger partial charge in [0.15, 0.2) is 5.78 Å². The van der Waals surface area contributed by atoms with Crippen molar-refractivity contribution in [3.05, 3.63) is 46.0 Å². The number of carbonyl (C=O) groups excluding carboxylic acids is 2. The molecule has 0 saturated carbocycles. The minimum atomic E-state index is -1.43. The van der Waals surface area contributed by atoms with Crippen molar-refractivity contribution >= 4 is 52.2 Å². The first-order valence-corrected chi connectivity index (χ1v) is 7.79. The molecular weight excluding hydrogens is 345 g/mol. The number of halogens is 3. The Morgan fingerprint density at radius 3 is 2.32 bits per heavy atom. The highest BCUT2D eigenvalue weighted by Crippen LogP contribution is 2.38. The highest BCUT2D eigenvalue weighted by atomic mass is 35.5. The van der Waals surface area contributed by atoms with E-state index in [1.807, 2.05) is 19.1 Å². The number of carbonyl (C=O) groups is 2. The summed E-state index contributed by atoms with van der Waals surface area (Å²) in [6, 6.07) is 6.99. The quantitative estimate of drug-likeness (QED) is 0.704. The Hall–Kier alpha value is -1.16. The fourth-order valence-corrected chi connectivity index (χ4v) is 2.92. The van der Waals surface area contributed by atoms with Gasteiger partial charge in [0.1, 0.15) is 10.3 Å². The molecule has 1 aliphatic carbocycles. The average Bonchev–Trinajstić information content (AvgIpc) is 2.49. The molecule has 0 unspecified atom stereocenters. The number of amides is 1. The highest BCUT2D eigenvalue weighted by molar-refractivity contribution is 6.59. The van der Waals surface area contributed by atoms with E-state index < -0.39 is 21.9 Å². The lowest BCUT2D eigenvalue weighted by Crippen LogP contribution is -2.48. The Bertz CT molecular complexity index is 703. The zero-order valence-electron chi connectivity index (χ0n) is 12.3. The van der Waals surface area contributed by atoms with Crippen LogP contribution in [0.25, 0.3) is 0 Å². The van der Waals surface area contributed by atoms with Crippen LogP contribution in [-0.2, 0) is 4.79 Å². The molecule has 6 heteroatoms. The van der Waals surface area contributed by atoms with E-state index in [0.29, 0.717) is 11.1 Å². The summed E-state index contributed by atoms with van der Waals surface area (Å²) in [7, 11) is 0. The minimum absolute atomic E-state index is 0.0372. The normalized spacial score (nSPS) is 27.5. The summed E-state index contributed by atoms with van der Waals surface area (Å²) in [5, 5.41) is -0.969. The first-order chi connectivity index (χ1) is 10.2. The van der Waals surface area contributed by atoms with Crippen LogP contribution in [0.1, 0.15) is 29.8 Å². The number of alkyl halides is 2. The smallest absolute Gasteiger partial charge is 0.277 e. The van der Waals surface area contributed by atoms with Crippen LogP contribution in [0.4, 0.5) is 0 Å². The Kier molecular flexibility index (Phi) is 4.81. The Morgan fingerprint density at radius 1 is 1.23 bits per heavy atom. The van der Waals surface area contributed by atoms with Crippen molar-refractivity contribution in [3.8, 4) is 0 Å². The summed E-state index contributed by atoms with van der Waals surface area (Å²) in [6.45, 7) is 4.99. The van der Waals surface area contributed by atoms with Crippen LogP contribution in [0.3, 0.4) is 0 Å². The van der Waals surface area contributed by atoms with Crippen molar-refractivity contribution in [2.75, 3.05) is 0 Å². The van der Waals surface area contributed by atoms with E-state index in [1.165, 1.54) is 6.92 Å². The Labute approximate surface area is 144 Å². The maximum Gasteiger partial charge on any atom is 0.277 e. The van der Waals surface area contributed by atoms with Gasteiger partial charge in [0.25, 0.3) is 5.91 Å². The van der Waals surface area contributed by atoms with Crippen LogP contribution in [-0.4, -0.2) is 27.7 Å². The molecule has 0 radical (unpaired) electrons. The number of ketones is 1. The standard InChI is InChI=1S/C16H14Cl3NO2/c1-8-4-6-10(7-5-8)15(22)20-12-9(2)11(17)14(21)16(3,19)13(12)18/h4-7,13H,1-3H3/t13-,16+/m1/s1. The molecule has 1 aromatic carbocycles. The van der Waals surface area contributed by atoms with Crippen molar-refractivity contribution in [2.24, 2.45) is 4.99 Å². The number of hydrogen-bond acceptors (Lipinski definition) is 2. The molecule has 2 rings (SSSR count). The first kappa shape index (κ1) is 17.2. The number of rotatable bonds is 1. The molecule has 1 aliphatic rings. The lowest BCUT2D eigenvalue weighted by molar-refractivity contribution is -0.117. The second kappa shape index (κ2) is 6.15. The first-order valence-electron chi connectivity index (χ1n) is 6.60. The molecule has 2 atom stereocenters. The third-order valence-corrected chi connectivity index (χ3v) is 5.19. The predicted octanol–water partition coefficient (Wildman–Crippen LogP) is 4.28. The van der Waals surface area contributed by atoms with Gasteiger partial charge in [-0.2, -0.15) is 0 Å². The number of hydrogen-bond donors (Lipinski definition) is 0. The summed E-state index contributed by atoms with van der Waals surface area (Å²) >= 11 is 18.5. The number of aliphatic imine (C=N–C) groups is 1. The van der Waals surface area contributed by atoms with Crippen molar-refractivity contribution < 1.29 is 9.59 Å². The Balaban J connectivity index is 2.47. The molecule has 0 aromatic heterocycles. The second-order valence-corrected chi connectivity index (χ2v) is 6.97. The molecule has 0 N–H and O–H groups in total. The molecule has 0 saturated heterocycles. The predicted molar refractivity (Wildman–Crippen MR) is 90.4 cm³/mol. The van der Waals surface area contributed by atoms with Gasteiger partial charge in [-0.05, 0) is 38.5 Å². The molecule has 22 heavy (non-hydrogen) atoms. The van der Waals surface area contributed by atoms with E-state index in [9.17, 15) is 9.59 Å². The maximum atomic E-state index is 12.3. The molecule has 0 bridgehead atoms. The monoisotopic (exact) mass is 357 g/mol. The summed E-state index contributed by atoms with van der Waals surface area (Å²) in [5.74, 6) is -0.915. The van der Waals surface area contributed by atoms with Gasteiger partial charge in [-0.15, -0.1) is 23.2 Å².